The first kappa shape index (κ1) is 14.8. The number of carbonyl (C=O) groups is 2. The molecule has 104 valence electrons. The van der Waals surface area contributed by atoms with Gasteiger partial charge in [-0.3, -0.25) is 0 Å². The number of hydrogen-bond donors (Lipinski definition) is 0. The molecule has 0 aliphatic heterocycles. The number of halogens is 2. The number of ether oxygens (including phenoxy) is 2. The maximum Gasteiger partial charge on any atom is 0.333 e. The van der Waals surface area contributed by atoms with Crippen molar-refractivity contribution in [2.45, 2.75) is 16.1 Å². The topological polar surface area (TPSA) is 52.6 Å². The molecule has 0 saturated heterocycles. The van der Waals surface area contributed by atoms with Gasteiger partial charge in [-0.25, -0.2) is 9.59 Å². The third-order valence-electron chi connectivity index (χ3n) is 3.60. The molecule has 2 rings (SSSR count). The maximum absolute atomic E-state index is 11.8. The zero-order valence-corrected chi connectivity index (χ0v) is 13.7. The molecular formula is C13H14Br2O4. The second kappa shape index (κ2) is 5.79. The van der Waals surface area contributed by atoms with Crippen molar-refractivity contribution in [3.63, 3.8) is 0 Å². The van der Waals surface area contributed by atoms with E-state index < -0.39 is 0 Å². The number of carbonyl (C=O) groups excluding carboxylic acids is 2. The van der Waals surface area contributed by atoms with Gasteiger partial charge < -0.3 is 9.47 Å². The first-order valence-electron chi connectivity index (χ1n) is 5.87. The lowest BCUT2D eigenvalue weighted by Crippen LogP contribution is -2.38. The van der Waals surface area contributed by atoms with Crippen LogP contribution < -0.4 is 0 Å². The van der Waals surface area contributed by atoms with Gasteiger partial charge in [-0.1, -0.05) is 44.0 Å². The van der Waals surface area contributed by atoms with Gasteiger partial charge in [0.05, 0.1) is 14.2 Å². The molecule has 0 aromatic heterocycles. The van der Waals surface area contributed by atoms with Crippen LogP contribution >= 0.6 is 31.9 Å². The minimum atomic E-state index is -0.313. The van der Waals surface area contributed by atoms with E-state index >= 15 is 0 Å². The normalized spacial score (nSPS) is 33.1. The minimum Gasteiger partial charge on any atom is -0.466 e. The average molecular weight is 394 g/mol. The Morgan fingerprint density at radius 1 is 1.00 bits per heavy atom. The molecule has 0 spiro atoms. The number of methoxy groups -OCH3 is 2. The van der Waals surface area contributed by atoms with Crippen LogP contribution in [0.3, 0.4) is 0 Å². The molecule has 0 amide bonds. The second-order valence-electron chi connectivity index (χ2n) is 4.56. The molecule has 0 fully saturated rings. The molecule has 6 heteroatoms. The predicted octanol–water partition coefficient (Wildman–Crippen LogP) is 2.36. The molecule has 2 aliphatic rings. The molecule has 0 aromatic rings. The first-order valence-corrected chi connectivity index (χ1v) is 7.71. The Morgan fingerprint density at radius 3 is 1.68 bits per heavy atom. The van der Waals surface area contributed by atoms with E-state index in [0.717, 1.165) is 0 Å². The van der Waals surface area contributed by atoms with E-state index in [1.54, 1.807) is 0 Å². The van der Waals surface area contributed by atoms with Crippen molar-refractivity contribution in [2.24, 2.45) is 11.8 Å². The Hall–Kier alpha value is -0.620. The molecule has 0 N–H and O–H groups in total. The number of esters is 2. The molecule has 2 aliphatic carbocycles. The van der Waals surface area contributed by atoms with Crippen molar-refractivity contribution in [1.29, 1.82) is 0 Å². The summed E-state index contributed by atoms with van der Waals surface area (Å²) in [5.41, 5.74) is 1.31. The fraction of sp³-hybridized carbons (Fsp3) is 0.538. The number of fused-ring (bicyclic) bond motifs is 2. The van der Waals surface area contributed by atoms with Crippen LogP contribution in [-0.2, 0) is 19.1 Å². The highest BCUT2D eigenvalue weighted by Gasteiger charge is 2.43. The van der Waals surface area contributed by atoms with E-state index in [1.807, 2.05) is 12.2 Å². The number of rotatable bonds is 2. The zero-order valence-electron chi connectivity index (χ0n) is 10.6. The summed E-state index contributed by atoms with van der Waals surface area (Å²) in [5, 5.41) is 0. The summed E-state index contributed by atoms with van der Waals surface area (Å²) in [6.07, 6.45) is 4.40. The minimum absolute atomic E-state index is 0.0275. The molecule has 4 nitrogen and oxygen atoms in total. The van der Waals surface area contributed by atoms with E-state index in [-0.39, 0.29) is 33.4 Å². The Balaban J connectivity index is 2.36. The molecule has 19 heavy (non-hydrogen) atoms. The molecule has 0 unspecified atom stereocenters. The van der Waals surface area contributed by atoms with Crippen LogP contribution in [0, 0.1) is 11.8 Å². The quantitative estimate of drug-likeness (QED) is 0.533. The summed E-state index contributed by atoms with van der Waals surface area (Å²) in [6, 6.07) is 0. The predicted molar refractivity (Wildman–Crippen MR) is 77.2 cm³/mol. The summed E-state index contributed by atoms with van der Waals surface area (Å²) in [6.45, 7) is 0. The smallest absolute Gasteiger partial charge is 0.333 e. The van der Waals surface area contributed by atoms with Gasteiger partial charge in [0, 0.05) is 32.6 Å². The van der Waals surface area contributed by atoms with E-state index in [4.69, 9.17) is 9.47 Å². The van der Waals surface area contributed by atoms with Gasteiger partial charge in [0.25, 0.3) is 0 Å². The molecular weight excluding hydrogens is 380 g/mol. The third-order valence-corrected chi connectivity index (χ3v) is 5.40. The zero-order chi connectivity index (χ0) is 14.2. The SMILES string of the molecule is COC(=O)C1=C[C@@H](Br)[C@H]2C[C@@H]1[C@H](Br)C=C2C(=O)OC. The van der Waals surface area contributed by atoms with E-state index in [9.17, 15) is 9.59 Å². The van der Waals surface area contributed by atoms with Gasteiger partial charge in [-0.15, -0.1) is 0 Å². The largest absolute Gasteiger partial charge is 0.466 e. The van der Waals surface area contributed by atoms with Crippen LogP contribution in [0.15, 0.2) is 23.3 Å². The van der Waals surface area contributed by atoms with Gasteiger partial charge in [-0.2, -0.15) is 0 Å². The monoisotopic (exact) mass is 392 g/mol. The first-order chi connectivity index (χ1) is 8.99. The highest BCUT2D eigenvalue weighted by molar-refractivity contribution is 9.10. The maximum atomic E-state index is 11.8. The molecule has 0 radical (unpaired) electrons. The van der Waals surface area contributed by atoms with Crippen LogP contribution in [0.4, 0.5) is 0 Å². The van der Waals surface area contributed by atoms with E-state index in [0.29, 0.717) is 17.6 Å². The lowest BCUT2D eigenvalue weighted by Gasteiger charge is -2.38. The Bertz CT molecular complexity index is 427. The lowest BCUT2D eigenvalue weighted by atomic mass is 9.72. The summed E-state index contributed by atoms with van der Waals surface area (Å²) >= 11 is 7.05. The third kappa shape index (κ3) is 2.65. The summed E-state index contributed by atoms with van der Waals surface area (Å²) in [4.78, 5) is 23.4. The van der Waals surface area contributed by atoms with Crippen LogP contribution in [0.2, 0.25) is 0 Å². The van der Waals surface area contributed by atoms with Crippen LogP contribution in [0.1, 0.15) is 6.42 Å². The van der Waals surface area contributed by atoms with Gasteiger partial charge in [0.1, 0.15) is 0 Å². The van der Waals surface area contributed by atoms with E-state index in [1.165, 1.54) is 14.2 Å². The van der Waals surface area contributed by atoms with E-state index in [2.05, 4.69) is 31.9 Å². The lowest BCUT2D eigenvalue weighted by molar-refractivity contribution is -0.136. The van der Waals surface area contributed by atoms with Crippen molar-refractivity contribution in [3.8, 4) is 0 Å². The van der Waals surface area contributed by atoms with Crippen LogP contribution in [0.25, 0.3) is 0 Å². The summed E-state index contributed by atoms with van der Waals surface area (Å²) in [5.74, 6) is -0.571. The molecule has 4 atom stereocenters. The highest BCUT2D eigenvalue weighted by Crippen LogP contribution is 2.45. The number of hydrogen-bond acceptors (Lipinski definition) is 4. The van der Waals surface area contributed by atoms with Crippen molar-refractivity contribution < 1.29 is 19.1 Å². The van der Waals surface area contributed by atoms with Gasteiger partial charge in [0.2, 0.25) is 0 Å². The van der Waals surface area contributed by atoms with Crippen molar-refractivity contribution in [3.05, 3.63) is 23.3 Å². The Labute approximate surface area is 128 Å². The summed E-state index contributed by atoms with van der Waals surface area (Å²) < 4.78 is 9.62. The van der Waals surface area contributed by atoms with Crippen molar-refractivity contribution in [1.82, 2.24) is 0 Å². The van der Waals surface area contributed by atoms with Crippen LogP contribution in [-0.4, -0.2) is 35.8 Å². The molecule has 0 aromatic carbocycles. The molecule has 2 bridgehead atoms. The summed E-state index contributed by atoms with van der Waals surface area (Å²) in [7, 11) is 2.75. The average Bonchev–Trinajstić information content (AvgIpc) is 2.42. The molecule has 0 saturated carbocycles. The number of allylic oxidation sites excluding steroid dienone is 2. The van der Waals surface area contributed by atoms with Gasteiger partial charge >= 0.3 is 11.9 Å². The van der Waals surface area contributed by atoms with Crippen molar-refractivity contribution >= 4 is 43.8 Å². The second-order valence-corrected chi connectivity index (χ2v) is 6.68. The van der Waals surface area contributed by atoms with Gasteiger partial charge in [-0.05, 0) is 6.42 Å². The van der Waals surface area contributed by atoms with Crippen molar-refractivity contribution in [2.75, 3.05) is 14.2 Å². The van der Waals surface area contributed by atoms with Crippen LogP contribution in [0.5, 0.6) is 0 Å². The standard InChI is InChI=1S/C13H14Br2O4/c1-18-12(16)8-4-10(14)7-3-6(8)11(15)5-9(7)13(17)19-2/h4-7,10-11H,3H2,1-2H3/t6-,7-,10+,11+/m0/s1. The molecule has 0 heterocycles. The Kier molecular flexibility index (Phi) is 4.50. The Morgan fingerprint density at radius 2 is 1.37 bits per heavy atom. The fourth-order valence-electron chi connectivity index (χ4n) is 2.63. The van der Waals surface area contributed by atoms with Gasteiger partial charge in [0.15, 0.2) is 0 Å². The number of alkyl halides is 2. The fourth-order valence-corrected chi connectivity index (χ4v) is 4.20. The highest BCUT2D eigenvalue weighted by atomic mass is 79.9.